The standard InChI is InChI=1S/C18H26ClNO/c1-18(2)10-9-15(21-18)11-13(12-20-14-7-8-14)16-5-3-4-6-17(16)19/h3-6,13-15,20H,7-12H2,1-2H3. The van der Waals surface area contributed by atoms with Crippen LogP contribution in [0.15, 0.2) is 24.3 Å². The molecule has 2 atom stereocenters. The van der Waals surface area contributed by atoms with E-state index < -0.39 is 0 Å². The van der Waals surface area contributed by atoms with E-state index in [2.05, 4.69) is 31.3 Å². The van der Waals surface area contributed by atoms with Gasteiger partial charge < -0.3 is 10.1 Å². The Hall–Kier alpha value is -0.570. The molecule has 1 saturated heterocycles. The summed E-state index contributed by atoms with van der Waals surface area (Å²) in [5.41, 5.74) is 1.31. The molecule has 2 nitrogen and oxygen atoms in total. The lowest BCUT2D eigenvalue weighted by Crippen LogP contribution is -2.27. The lowest BCUT2D eigenvalue weighted by atomic mass is 9.91. The third kappa shape index (κ3) is 4.21. The van der Waals surface area contributed by atoms with Crippen LogP contribution in [-0.2, 0) is 4.74 Å². The summed E-state index contributed by atoms with van der Waals surface area (Å²) in [5.74, 6) is 0.443. The normalized spacial score (nSPS) is 26.0. The van der Waals surface area contributed by atoms with Gasteiger partial charge in [-0.15, -0.1) is 0 Å². The van der Waals surface area contributed by atoms with Gasteiger partial charge in [0.2, 0.25) is 0 Å². The molecule has 3 rings (SSSR count). The van der Waals surface area contributed by atoms with Gasteiger partial charge in [-0.3, -0.25) is 0 Å². The summed E-state index contributed by atoms with van der Waals surface area (Å²) in [5, 5.41) is 4.55. The predicted octanol–water partition coefficient (Wildman–Crippen LogP) is 4.52. The van der Waals surface area contributed by atoms with Gasteiger partial charge in [0.15, 0.2) is 0 Å². The topological polar surface area (TPSA) is 21.3 Å². The molecular weight excluding hydrogens is 282 g/mol. The van der Waals surface area contributed by atoms with E-state index in [0.29, 0.717) is 12.0 Å². The zero-order chi connectivity index (χ0) is 14.9. The average Bonchev–Trinajstić information content (AvgIpc) is 3.20. The summed E-state index contributed by atoms with van der Waals surface area (Å²) >= 11 is 6.42. The van der Waals surface area contributed by atoms with Gasteiger partial charge in [-0.2, -0.15) is 0 Å². The Labute approximate surface area is 133 Å². The van der Waals surface area contributed by atoms with Crippen LogP contribution in [0.5, 0.6) is 0 Å². The van der Waals surface area contributed by atoms with Crippen molar-refractivity contribution in [3.05, 3.63) is 34.9 Å². The molecule has 3 heteroatoms. The van der Waals surface area contributed by atoms with E-state index >= 15 is 0 Å². The largest absolute Gasteiger partial charge is 0.372 e. The molecule has 1 saturated carbocycles. The van der Waals surface area contributed by atoms with Crippen molar-refractivity contribution >= 4 is 11.6 Å². The second-order valence-electron chi connectivity index (χ2n) is 7.17. The molecular formula is C18H26ClNO. The van der Waals surface area contributed by atoms with Crippen molar-refractivity contribution in [1.29, 1.82) is 0 Å². The molecule has 21 heavy (non-hydrogen) atoms. The minimum absolute atomic E-state index is 0.0413. The van der Waals surface area contributed by atoms with E-state index in [9.17, 15) is 0 Å². The van der Waals surface area contributed by atoms with Crippen molar-refractivity contribution in [2.24, 2.45) is 0 Å². The number of hydrogen-bond donors (Lipinski definition) is 1. The zero-order valence-corrected chi connectivity index (χ0v) is 13.8. The zero-order valence-electron chi connectivity index (χ0n) is 13.1. The fourth-order valence-electron chi connectivity index (χ4n) is 3.28. The molecule has 0 radical (unpaired) electrons. The highest BCUT2D eigenvalue weighted by atomic mass is 35.5. The van der Waals surface area contributed by atoms with Gasteiger partial charge in [0, 0.05) is 23.5 Å². The average molecular weight is 308 g/mol. The van der Waals surface area contributed by atoms with Gasteiger partial charge in [-0.25, -0.2) is 0 Å². The van der Waals surface area contributed by atoms with Crippen LogP contribution < -0.4 is 5.32 Å². The molecule has 2 fully saturated rings. The molecule has 0 bridgehead atoms. The summed E-state index contributed by atoms with van der Waals surface area (Å²) in [7, 11) is 0. The molecule has 1 aliphatic carbocycles. The number of hydrogen-bond acceptors (Lipinski definition) is 2. The van der Waals surface area contributed by atoms with Crippen LogP contribution in [0.4, 0.5) is 0 Å². The van der Waals surface area contributed by atoms with Crippen molar-refractivity contribution in [1.82, 2.24) is 5.32 Å². The van der Waals surface area contributed by atoms with Crippen LogP contribution in [0, 0.1) is 0 Å². The minimum atomic E-state index is 0.0413. The number of rotatable bonds is 6. The van der Waals surface area contributed by atoms with Crippen molar-refractivity contribution in [2.45, 2.75) is 69.6 Å². The monoisotopic (exact) mass is 307 g/mol. The number of nitrogens with one attached hydrogen (secondary N) is 1. The Morgan fingerprint density at radius 3 is 2.67 bits per heavy atom. The summed E-state index contributed by atoms with van der Waals surface area (Å²) < 4.78 is 6.19. The second-order valence-corrected chi connectivity index (χ2v) is 7.58. The maximum atomic E-state index is 6.42. The Morgan fingerprint density at radius 2 is 2.05 bits per heavy atom. The second kappa shape index (κ2) is 6.28. The molecule has 0 aromatic heterocycles. The molecule has 1 aliphatic heterocycles. The summed E-state index contributed by atoms with van der Waals surface area (Å²) in [4.78, 5) is 0. The van der Waals surface area contributed by atoms with E-state index in [4.69, 9.17) is 16.3 Å². The summed E-state index contributed by atoms with van der Waals surface area (Å²) in [6.07, 6.45) is 6.39. The highest BCUT2D eigenvalue weighted by Gasteiger charge is 2.34. The quantitative estimate of drug-likeness (QED) is 0.834. The van der Waals surface area contributed by atoms with Crippen LogP contribution in [0.3, 0.4) is 0 Å². The minimum Gasteiger partial charge on any atom is -0.372 e. The lowest BCUT2D eigenvalue weighted by molar-refractivity contribution is -0.0209. The first-order valence-corrected chi connectivity index (χ1v) is 8.57. The number of benzene rings is 1. The van der Waals surface area contributed by atoms with Gasteiger partial charge in [-0.1, -0.05) is 29.8 Å². The van der Waals surface area contributed by atoms with Crippen LogP contribution in [0.1, 0.15) is 57.4 Å². The first kappa shape index (κ1) is 15.3. The first-order chi connectivity index (χ1) is 10.0. The molecule has 1 aromatic carbocycles. The Balaban J connectivity index is 1.68. The van der Waals surface area contributed by atoms with Gasteiger partial charge in [0.1, 0.15) is 0 Å². The fourth-order valence-corrected chi connectivity index (χ4v) is 3.57. The lowest BCUT2D eigenvalue weighted by Gasteiger charge is -2.25. The molecule has 2 unspecified atom stereocenters. The number of ether oxygens (including phenoxy) is 1. The Bertz CT molecular complexity index is 484. The smallest absolute Gasteiger partial charge is 0.0631 e. The predicted molar refractivity (Wildman–Crippen MR) is 88.0 cm³/mol. The summed E-state index contributed by atoms with van der Waals surface area (Å²) in [6, 6.07) is 9.00. The molecule has 1 aromatic rings. The van der Waals surface area contributed by atoms with E-state index in [-0.39, 0.29) is 5.60 Å². The maximum Gasteiger partial charge on any atom is 0.0631 e. The third-order valence-corrected chi connectivity index (χ3v) is 5.02. The molecule has 116 valence electrons. The highest BCUT2D eigenvalue weighted by molar-refractivity contribution is 6.31. The van der Waals surface area contributed by atoms with Crippen LogP contribution in [-0.4, -0.2) is 24.3 Å². The molecule has 0 amide bonds. The summed E-state index contributed by atoms with van der Waals surface area (Å²) in [6.45, 7) is 5.40. The van der Waals surface area contributed by atoms with Crippen LogP contribution in [0.2, 0.25) is 5.02 Å². The van der Waals surface area contributed by atoms with Crippen molar-refractivity contribution < 1.29 is 4.74 Å². The van der Waals surface area contributed by atoms with Gasteiger partial charge in [0.25, 0.3) is 0 Å². The third-order valence-electron chi connectivity index (χ3n) is 4.68. The van der Waals surface area contributed by atoms with Crippen LogP contribution in [0.25, 0.3) is 0 Å². The van der Waals surface area contributed by atoms with E-state index in [1.54, 1.807) is 0 Å². The fraction of sp³-hybridized carbons (Fsp3) is 0.667. The van der Waals surface area contributed by atoms with Gasteiger partial charge in [-0.05, 0) is 57.6 Å². The maximum absolute atomic E-state index is 6.42. The molecule has 1 N–H and O–H groups in total. The number of halogens is 1. The Kier molecular flexibility index (Phi) is 4.58. The molecule has 2 aliphatic rings. The molecule has 0 spiro atoms. The van der Waals surface area contributed by atoms with Gasteiger partial charge >= 0.3 is 0 Å². The van der Waals surface area contributed by atoms with Gasteiger partial charge in [0.05, 0.1) is 11.7 Å². The van der Waals surface area contributed by atoms with Crippen molar-refractivity contribution in [2.75, 3.05) is 6.54 Å². The van der Waals surface area contributed by atoms with E-state index in [1.807, 2.05) is 12.1 Å². The van der Waals surface area contributed by atoms with E-state index in [1.165, 1.54) is 18.4 Å². The highest BCUT2D eigenvalue weighted by Crippen LogP contribution is 2.36. The molecule has 1 heterocycles. The van der Waals surface area contributed by atoms with Crippen molar-refractivity contribution in [3.63, 3.8) is 0 Å². The Morgan fingerprint density at radius 1 is 1.29 bits per heavy atom. The SMILES string of the molecule is CC1(C)CCC(CC(CNC2CC2)c2ccccc2Cl)O1. The van der Waals surface area contributed by atoms with E-state index in [0.717, 1.165) is 36.9 Å². The first-order valence-electron chi connectivity index (χ1n) is 8.19. The van der Waals surface area contributed by atoms with Crippen LogP contribution >= 0.6 is 11.6 Å². The van der Waals surface area contributed by atoms with Crippen molar-refractivity contribution in [3.8, 4) is 0 Å².